The van der Waals surface area contributed by atoms with E-state index in [1.807, 2.05) is 18.6 Å². The van der Waals surface area contributed by atoms with Crippen LogP contribution in [-0.4, -0.2) is 26.3 Å². The topological polar surface area (TPSA) is 83.5 Å². The fraction of sp³-hybridized carbons (Fsp3) is 0.364. The summed E-state index contributed by atoms with van der Waals surface area (Å²) in [6.07, 6.45) is 0.166. The van der Waals surface area contributed by atoms with E-state index in [9.17, 15) is 22.4 Å². The van der Waals surface area contributed by atoms with E-state index in [4.69, 9.17) is 0 Å². The lowest BCUT2D eigenvalue weighted by atomic mass is 9.94. The Morgan fingerprint density at radius 2 is 1.53 bits per heavy atom. The molecule has 0 aliphatic heterocycles. The maximum atomic E-state index is 13.3. The van der Waals surface area contributed by atoms with Crippen molar-refractivity contribution in [1.82, 2.24) is 4.72 Å². The Morgan fingerprint density at radius 3 is 2.03 bits per heavy atom. The van der Waals surface area contributed by atoms with Crippen LogP contribution in [-0.2, 0) is 19.6 Å². The van der Waals surface area contributed by atoms with E-state index in [-0.39, 0.29) is 23.3 Å². The zero-order valence-corrected chi connectivity index (χ0v) is 18.3. The van der Waals surface area contributed by atoms with Crippen LogP contribution in [0.1, 0.15) is 34.1 Å². The van der Waals surface area contributed by atoms with Gasteiger partial charge in [-0.1, -0.05) is 32.0 Å². The molecule has 162 valence electrons. The van der Waals surface area contributed by atoms with Crippen molar-refractivity contribution in [3.05, 3.63) is 60.4 Å². The Morgan fingerprint density at radius 1 is 0.967 bits per heavy atom. The number of carbonyl (C=O) groups excluding carboxylic acids is 2. The first-order valence-electron chi connectivity index (χ1n) is 9.73. The highest BCUT2D eigenvalue weighted by molar-refractivity contribution is 7.90. The standard InChI is InChI=1S/C22H27FN2O4S/c1-15(2)14-20(21(26)24-30(28,29)19-8-6-5-7-9-19)22(27)25(16(3)4)18-12-10-17(23)11-13-18/h5-13,15-16,20H,14H2,1-4H3,(H,24,26). The van der Waals surface area contributed by atoms with Gasteiger partial charge >= 0.3 is 0 Å². The van der Waals surface area contributed by atoms with Gasteiger partial charge in [-0.25, -0.2) is 17.5 Å². The molecule has 6 nitrogen and oxygen atoms in total. The van der Waals surface area contributed by atoms with Gasteiger partial charge in [0.1, 0.15) is 11.7 Å². The number of benzene rings is 2. The summed E-state index contributed by atoms with van der Waals surface area (Å²) in [5.41, 5.74) is 0.434. The van der Waals surface area contributed by atoms with Crippen molar-refractivity contribution in [3.8, 4) is 0 Å². The Kier molecular flexibility index (Phi) is 7.72. The van der Waals surface area contributed by atoms with Gasteiger partial charge in [-0.05, 0) is 62.6 Å². The number of halogens is 1. The van der Waals surface area contributed by atoms with Crippen LogP contribution in [0.4, 0.5) is 10.1 Å². The molecule has 0 saturated carbocycles. The third-order valence-electron chi connectivity index (χ3n) is 4.47. The molecule has 0 aliphatic carbocycles. The number of hydrogen-bond donors (Lipinski definition) is 1. The molecule has 0 radical (unpaired) electrons. The summed E-state index contributed by atoms with van der Waals surface area (Å²) in [6.45, 7) is 7.23. The minimum Gasteiger partial charge on any atom is -0.309 e. The minimum absolute atomic E-state index is 0.0358. The van der Waals surface area contributed by atoms with Gasteiger partial charge in [-0.2, -0.15) is 0 Å². The molecular weight excluding hydrogens is 407 g/mol. The molecule has 2 rings (SSSR count). The molecule has 1 atom stereocenters. The van der Waals surface area contributed by atoms with Crippen molar-refractivity contribution in [2.45, 2.75) is 45.1 Å². The van der Waals surface area contributed by atoms with Crippen LogP contribution in [0.3, 0.4) is 0 Å². The van der Waals surface area contributed by atoms with Crippen LogP contribution >= 0.6 is 0 Å². The first-order valence-corrected chi connectivity index (χ1v) is 11.2. The molecule has 0 aliphatic rings. The van der Waals surface area contributed by atoms with Crippen LogP contribution in [0.25, 0.3) is 0 Å². The van der Waals surface area contributed by atoms with Crippen LogP contribution in [0.2, 0.25) is 0 Å². The molecule has 1 N–H and O–H groups in total. The van der Waals surface area contributed by atoms with Crippen LogP contribution < -0.4 is 9.62 Å². The summed E-state index contributed by atoms with van der Waals surface area (Å²) in [4.78, 5) is 27.6. The predicted octanol–water partition coefficient (Wildman–Crippen LogP) is 3.73. The smallest absolute Gasteiger partial charge is 0.264 e. The van der Waals surface area contributed by atoms with Crippen LogP contribution in [0, 0.1) is 17.7 Å². The van der Waals surface area contributed by atoms with Gasteiger partial charge in [0, 0.05) is 11.7 Å². The number of hydrogen-bond acceptors (Lipinski definition) is 4. The van der Waals surface area contributed by atoms with Crippen molar-refractivity contribution in [1.29, 1.82) is 0 Å². The van der Waals surface area contributed by atoms with Crippen molar-refractivity contribution in [3.63, 3.8) is 0 Å². The molecule has 0 heterocycles. The molecule has 30 heavy (non-hydrogen) atoms. The van der Waals surface area contributed by atoms with Crippen LogP contribution in [0.15, 0.2) is 59.5 Å². The van der Waals surface area contributed by atoms with Crippen molar-refractivity contribution >= 4 is 27.5 Å². The normalized spacial score (nSPS) is 12.6. The van der Waals surface area contributed by atoms with Gasteiger partial charge in [0.15, 0.2) is 0 Å². The highest BCUT2D eigenvalue weighted by Gasteiger charge is 2.35. The van der Waals surface area contributed by atoms with E-state index >= 15 is 0 Å². The molecule has 8 heteroatoms. The molecule has 0 bridgehead atoms. The Bertz CT molecular complexity index is 974. The van der Waals surface area contributed by atoms with E-state index in [1.165, 1.54) is 41.3 Å². The van der Waals surface area contributed by atoms with E-state index in [0.29, 0.717) is 5.69 Å². The lowest BCUT2D eigenvalue weighted by Crippen LogP contribution is -2.48. The van der Waals surface area contributed by atoms with E-state index in [0.717, 1.165) is 0 Å². The molecular formula is C22H27FN2O4S. The summed E-state index contributed by atoms with van der Waals surface area (Å²) in [6, 6.07) is 12.5. The summed E-state index contributed by atoms with van der Waals surface area (Å²) < 4.78 is 40.5. The fourth-order valence-electron chi connectivity index (χ4n) is 3.10. The number of anilines is 1. The number of nitrogens with one attached hydrogen (secondary N) is 1. The maximum Gasteiger partial charge on any atom is 0.264 e. The molecule has 1 unspecified atom stereocenters. The first-order chi connectivity index (χ1) is 14.0. The lowest BCUT2D eigenvalue weighted by molar-refractivity contribution is -0.133. The van der Waals surface area contributed by atoms with Crippen molar-refractivity contribution in [2.24, 2.45) is 11.8 Å². The summed E-state index contributed by atoms with van der Waals surface area (Å²) in [5, 5.41) is 0. The predicted molar refractivity (Wildman–Crippen MR) is 114 cm³/mol. The lowest BCUT2D eigenvalue weighted by Gasteiger charge is -2.31. The summed E-state index contributed by atoms with van der Waals surface area (Å²) >= 11 is 0. The van der Waals surface area contributed by atoms with E-state index in [1.54, 1.807) is 32.0 Å². The number of rotatable bonds is 8. The quantitative estimate of drug-likeness (QED) is 0.642. The Hall–Kier alpha value is -2.74. The summed E-state index contributed by atoms with van der Waals surface area (Å²) in [7, 11) is -4.11. The van der Waals surface area contributed by atoms with E-state index in [2.05, 4.69) is 0 Å². The third kappa shape index (κ3) is 5.89. The summed E-state index contributed by atoms with van der Waals surface area (Å²) in [5.74, 6) is -3.11. The highest BCUT2D eigenvalue weighted by Crippen LogP contribution is 2.24. The Balaban J connectivity index is 2.36. The van der Waals surface area contributed by atoms with Gasteiger partial charge in [0.2, 0.25) is 11.8 Å². The maximum absolute atomic E-state index is 13.3. The first kappa shape index (κ1) is 23.5. The average molecular weight is 435 g/mol. The number of nitrogens with zero attached hydrogens (tertiary/aromatic N) is 1. The second-order valence-corrected chi connectivity index (χ2v) is 9.43. The number of carbonyl (C=O) groups is 2. The molecule has 0 fully saturated rings. The third-order valence-corrected chi connectivity index (χ3v) is 5.83. The Labute approximate surface area is 177 Å². The second-order valence-electron chi connectivity index (χ2n) is 7.74. The fourth-order valence-corrected chi connectivity index (χ4v) is 4.14. The highest BCUT2D eigenvalue weighted by atomic mass is 32.2. The van der Waals surface area contributed by atoms with Crippen molar-refractivity contribution < 1.29 is 22.4 Å². The minimum atomic E-state index is -4.11. The molecule has 2 aromatic rings. The van der Waals surface area contributed by atoms with Gasteiger partial charge in [-0.3, -0.25) is 9.59 Å². The molecule has 0 spiro atoms. The molecule has 2 aromatic carbocycles. The average Bonchev–Trinajstić information content (AvgIpc) is 2.67. The zero-order valence-electron chi connectivity index (χ0n) is 17.5. The van der Waals surface area contributed by atoms with Crippen LogP contribution in [0.5, 0.6) is 0 Å². The van der Waals surface area contributed by atoms with Gasteiger partial charge in [0.05, 0.1) is 4.90 Å². The van der Waals surface area contributed by atoms with Gasteiger partial charge in [-0.15, -0.1) is 0 Å². The number of sulfonamides is 1. The zero-order chi connectivity index (χ0) is 22.5. The SMILES string of the molecule is CC(C)CC(C(=O)NS(=O)(=O)c1ccccc1)C(=O)N(c1ccc(F)cc1)C(C)C. The monoisotopic (exact) mass is 434 g/mol. The van der Waals surface area contributed by atoms with Crippen molar-refractivity contribution in [2.75, 3.05) is 4.90 Å². The molecule has 0 saturated heterocycles. The number of amides is 2. The molecule has 0 aromatic heterocycles. The van der Waals surface area contributed by atoms with E-state index < -0.39 is 33.6 Å². The van der Waals surface area contributed by atoms with Gasteiger partial charge < -0.3 is 4.90 Å². The molecule has 2 amide bonds. The largest absolute Gasteiger partial charge is 0.309 e. The van der Waals surface area contributed by atoms with Gasteiger partial charge in [0.25, 0.3) is 10.0 Å². The second kappa shape index (κ2) is 9.84.